The van der Waals surface area contributed by atoms with E-state index in [0.717, 1.165) is 36.8 Å². The predicted octanol–water partition coefficient (Wildman–Crippen LogP) is 2.19. The topological polar surface area (TPSA) is 60.2 Å². The van der Waals surface area contributed by atoms with E-state index in [-0.39, 0.29) is 5.54 Å². The lowest BCUT2D eigenvalue weighted by atomic mass is 9.85. The van der Waals surface area contributed by atoms with Gasteiger partial charge in [0, 0.05) is 24.7 Å². The molecule has 2 aromatic rings. The summed E-state index contributed by atoms with van der Waals surface area (Å²) in [6, 6.07) is 8.41. The molecule has 1 N–H and O–H groups in total. The van der Waals surface area contributed by atoms with Gasteiger partial charge in [-0.1, -0.05) is 17.6 Å². The van der Waals surface area contributed by atoms with E-state index in [2.05, 4.69) is 15.5 Å². The number of hydrogen-bond acceptors (Lipinski definition) is 5. The average Bonchev–Trinajstić information content (AvgIpc) is 2.89. The molecule has 2 aliphatic rings. The fraction of sp³-hybridized carbons (Fsp3) is 0.500. The monoisotopic (exact) mass is 285 g/mol. The molecule has 0 radical (unpaired) electrons. The van der Waals surface area contributed by atoms with Crippen LogP contribution in [0.5, 0.6) is 0 Å². The van der Waals surface area contributed by atoms with E-state index in [0.29, 0.717) is 6.04 Å². The molecule has 0 spiro atoms. The first-order valence-corrected chi connectivity index (χ1v) is 7.55. The molecule has 2 aromatic heterocycles. The van der Waals surface area contributed by atoms with Crippen LogP contribution in [-0.2, 0) is 11.2 Å². The molecular weight excluding hydrogens is 266 g/mol. The number of nitrogens with zero attached hydrogens (tertiary/aromatic N) is 2. The van der Waals surface area contributed by atoms with Crippen LogP contribution in [0.1, 0.15) is 25.0 Å². The Morgan fingerprint density at radius 3 is 2.81 bits per heavy atom. The normalized spacial score (nSPS) is 20.8. The Labute approximate surface area is 123 Å². The first kappa shape index (κ1) is 13.0. The second-order valence-corrected chi connectivity index (χ2v) is 6.12. The highest BCUT2D eigenvalue weighted by atomic mass is 16.5. The van der Waals surface area contributed by atoms with Gasteiger partial charge >= 0.3 is 0 Å². The van der Waals surface area contributed by atoms with Gasteiger partial charge in [0.1, 0.15) is 5.69 Å². The maximum Gasteiger partial charge on any atom is 0.185 e. The minimum Gasteiger partial charge on any atom is -0.377 e. The summed E-state index contributed by atoms with van der Waals surface area (Å²) in [4.78, 5) is 4.29. The summed E-state index contributed by atoms with van der Waals surface area (Å²) in [5.41, 5.74) is 1.83. The van der Waals surface area contributed by atoms with Crippen LogP contribution in [0.25, 0.3) is 11.5 Å². The zero-order valence-electron chi connectivity index (χ0n) is 11.9. The molecule has 110 valence electrons. The van der Waals surface area contributed by atoms with Gasteiger partial charge in [-0.05, 0) is 25.0 Å². The highest BCUT2D eigenvalue weighted by Crippen LogP contribution is 2.29. The van der Waals surface area contributed by atoms with Crippen molar-refractivity contribution in [2.75, 3.05) is 13.2 Å². The van der Waals surface area contributed by atoms with E-state index in [1.165, 1.54) is 19.3 Å². The summed E-state index contributed by atoms with van der Waals surface area (Å²) in [6.07, 6.45) is 6.50. The summed E-state index contributed by atoms with van der Waals surface area (Å²) in [5, 5.41) is 7.94. The standard InChI is InChI=1S/C16H19N3O2/c1-2-7-17-14(6-1)15-8-13(19-21-15)9-16(10-20-11-16)18-12-4-3-5-12/h1-2,6-8,12,18H,3-5,9-11H2. The van der Waals surface area contributed by atoms with E-state index in [4.69, 9.17) is 9.26 Å². The number of aromatic nitrogens is 2. The quantitative estimate of drug-likeness (QED) is 0.912. The van der Waals surface area contributed by atoms with Gasteiger partial charge in [0.25, 0.3) is 0 Å². The number of pyridine rings is 1. The third-order valence-corrected chi connectivity index (χ3v) is 4.37. The molecule has 1 aliphatic carbocycles. The Balaban J connectivity index is 1.48. The van der Waals surface area contributed by atoms with Crippen molar-refractivity contribution in [1.29, 1.82) is 0 Å². The van der Waals surface area contributed by atoms with Gasteiger partial charge in [-0.15, -0.1) is 0 Å². The molecule has 0 bridgehead atoms. The van der Waals surface area contributed by atoms with Gasteiger partial charge in [0.15, 0.2) is 5.76 Å². The van der Waals surface area contributed by atoms with Crippen LogP contribution < -0.4 is 5.32 Å². The molecule has 1 saturated carbocycles. The fourth-order valence-corrected chi connectivity index (χ4v) is 2.94. The maximum absolute atomic E-state index is 5.44. The number of hydrogen-bond donors (Lipinski definition) is 1. The molecule has 1 aliphatic heterocycles. The van der Waals surface area contributed by atoms with Gasteiger partial charge in [-0.3, -0.25) is 4.98 Å². The highest BCUT2D eigenvalue weighted by molar-refractivity contribution is 5.51. The smallest absolute Gasteiger partial charge is 0.185 e. The highest BCUT2D eigenvalue weighted by Gasteiger charge is 2.41. The molecule has 0 aromatic carbocycles. The Morgan fingerprint density at radius 2 is 2.19 bits per heavy atom. The minimum absolute atomic E-state index is 0.0450. The maximum atomic E-state index is 5.44. The number of rotatable bonds is 5. The zero-order valence-corrected chi connectivity index (χ0v) is 11.9. The molecule has 5 heteroatoms. The lowest BCUT2D eigenvalue weighted by molar-refractivity contribution is -0.0838. The van der Waals surface area contributed by atoms with E-state index >= 15 is 0 Å². The van der Waals surface area contributed by atoms with Crippen molar-refractivity contribution >= 4 is 0 Å². The Kier molecular flexibility index (Phi) is 3.24. The number of nitrogens with one attached hydrogen (secondary N) is 1. The summed E-state index contributed by atoms with van der Waals surface area (Å²) in [7, 11) is 0. The Hall–Kier alpha value is -1.72. The molecule has 1 saturated heterocycles. The van der Waals surface area contributed by atoms with Crippen molar-refractivity contribution in [3.63, 3.8) is 0 Å². The first-order valence-electron chi connectivity index (χ1n) is 7.55. The largest absolute Gasteiger partial charge is 0.377 e. The Morgan fingerprint density at radius 1 is 1.29 bits per heavy atom. The van der Waals surface area contributed by atoms with E-state index in [1.54, 1.807) is 6.20 Å². The molecule has 0 amide bonds. The minimum atomic E-state index is 0.0450. The van der Waals surface area contributed by atoms with Crippen molar-refractivity contribution in [2.45, 2.75) is 37.3 Å². The van der Waals surface area contributed by atoms with Crippen molar-refractivity contribution in [1.82, 2.24) is 15.5 Å². The SMILES string of the molecule is c1ccc(-c2cc(CC3(NC4CCC4)COC3)no2)nc1. The number of ether oxygens (including phenoxy) is 1. The van der Waals surface area contributed by atoms with Crippen LogP contribution in [0.3, 0.4) is 0 Å². The van der Waals surface area contributed by atoms with Crippen LogP contribution in [0.4, 0.5) is 0 Å². The summed E-state index contributed by atoms with van der Waals surface area (Å²) in [5.74, 6) is 0.727. The van der Waals surface area contributed by atoms with Gasteiger partial charge in [0.2, 0.25) is 0 Å². The molecular formula is C16H19N3O2. The Bertz CT molecular complexity index is 603. The molecule has 0 unspecified atom stereocenters. The van der Waals surface area contributed by atoms with Crippen LogP contribution in [0.15, 0.2) is 35.0 Å². The van der Waals surface area contributed by atoms with Crippen molar-refractivity contribution in [3.05, 3.63) is 36.2 Å². The lowest BCUT2D eigenvalue weighted by Gasteiger charge is -2.46. The molecule has 3 heterocycles. The third kappa shape index (κ3) is 2.59. The fourth-order valence-electron chi connectivity index (χ4n) is 2.94. The van der Waals surface area contributed by atoms with Crippen LogP contribution >= 0.6 is 0 Å². The van der Waals surface area contributed by atoms with Crippen molar-refractivity contribution < 1.29 is 9.26 Å². The van der Waals surface area contributed by atoms with Crippen LogP contribution in [0.2, 0.25) is 0 Å². The van der Waals surface area contributed by atoms with E-state index < -0.39 is 0 Å². The second kappa shape index (κ2) is 5.24. The van der Waals surface area contributed by atoms with E-state index in [9.17, 15) is 0 Å². The van der Waals surface area contributed by atoms with Crippen molar-refractivity contribution in [3.8, 4) is 11.5 Å². The van der Waals surface area contributed by atoms with Crippen LogP contribution in [-0.4, -0.2) is 34.9 Å². The van der Waals surface area contributed by atoms with Gasteiger partial charge in [0.05, 0.1) is 24.4 Å². The molecule has 0 atom stereocenters. The van der Waals surface area contributed by atoms with E-state index in [1.807, 2.05) is 24.3 Å². The first-order chi connectivity index (χ1) is 10.3. The lowest BCUT2D eigenvalue weighted by Crippen LogP contribution is -2.65. The third-order valence-electron chi connectivity index (χ3n) is 4.37. The predicted molar refractivity (Wildman–Crippen MR) is 77.8 cm³/mol. The second-order valence-electron chi connectivity index (χ2n) is 6.12. The zero-order chi connectivity index (χ0) is 14.1. The van der Waals surface area contributed by atoms with Crippen LogP contribution in [0, 0.1) is 0 Å². The van der Waals surface area contributed by atoms with Crippen molar-refractivity contribution in [2.24, 2.45) is 0 Å². The molecule has 4 rings (SSSR count). The summed E-state index contributed by atoms with van der Waals surface area (Å²) < 4.78 is 10.9. The van der Waals surface area contributed by atoms with Gasteiger partial charge < -0.3 is 14.6 Å². The summed E-state index contributed by atoms with van der Waals surface area (Å²) in [6.45, 7) is 1.52. The molecule has 21 heavy (non-hydrogen) atoms. The average molecular weight is 285 g/mol. The molecule has 2 fully saturated rings. The van der Waals surface area contributed by atoms with Gasteiger partial charge in [-0.2, -0.15) is 0 Å². The molecule has 5 nitrogen and oxygen atoms in total. The van der Waals surface area contributed by atoms with Gasteiger partial charge in [-0.25, -0.2) is 0 Å². The summed E-state index contributed by atoms with van der Waals surface area (Å²) >= 11 is 0.